The van der Waals surface area contributed by atoms with Gasteiger partial charge in [-0.3, -0.25) is 0 Å². The lowest BCUT2D eigenvalue weighted by molar-refractivity contribution is 0.0291. The Balaban J connectivity index is 1.34. The van der Waals surface area contributed by atoms with Crippen LogP contribution in [0.5, 0.6) is 0 Å². The van der Waals surface area contributed by atoms with E-state index in [4.69, 9.17) is 0 Å². The number of aliphatic hydroxyl groups is 1. The van der Waals surface area contributed by atoms with E-state index in [0.717, 1.165) is 22.8 Å². The SMILES string of the molecule is O=C(NCc1cccc2ccccc12)NCC1(O)CCc2ccccc2C1. The minimum atomic E-state index is -0.884. The highest BCUT2D eigenvalue weighted by atomic mass is 16.3. The Morgan fingerprint density at radius 1 is 0.926 bits per heavy atom. The summed E-state index contributed by atoms with van der Waals surface area (Å²) in [7, 11) is 0. The molecule has 4 rings (SSSR count). The van der Waals surface area contributed by atoms with E-state index in [1.54, 1.807) is 0 Å². The Bertz CT molecular complexity index is 964. The fraction of sp³-hybridized carbons (Fsp3) is 0.261. The molecule has 0 spiro atoms. The Hall–Kier alpha value is -2.85. The number of nitrogens with one attached hydrogen (secondary N) is 2. The van der Waals surface area contributed by atoms with Crippen LogP contribution in [0.15, 0.2) is 66.7 Å². The number of fused-ring (bicyclic) bond motifs is 2. The molecule has 2 amide bonds. The molecule has 4 heteroatoms. The van der Waals surface area contributed by atoms with E-state index in [9.17, 15) is 9.90 Å². The number of carbonyl (C=O) groups is 1. The average molecular weight is 360 g/mol. The van der Waals surface area contributed by atoms with Crippen molar-refractivity contribution >= 4 is 16.8 Å². The van der Waals surface area contributed by atoms with Gasteiger partial charge in [0.15, 0.2) is 0 Å². The van der Waals surface area contributed by atoms with Crippen molar-refractivity contribution in [1.82, 2.24) is 10.6 Å². The van der Waals surface area contributed by atoms with E-state index < -0.39 is 5.60 Å². The van der Waals surface area contributed by atoms with Crippen LogP contribution in [0.2, 0.25) is 0 Å². The molecule has 0 radical (unpaired) electrons. The Labute approximate surface area is 159 Å². The van der Waals surface area contributed by atoms with Crippen LogP contribution in [0.1, 0.15) is 23.1 Å². The zero-order valence-electron chi connectivity index (χ0n) is 15.2. The van der Waals surface area contributed by atoms with Crippen molar-refractivity contribution in [1.29, 1.82) is 0 Å². The molecule has 4 nitrogen and oxygen atoms in total. The van der Waals surface area contributed by atoms with Gasteiger partial charge in [-0.15, -0.1) is 0 Å². The van der Waals surface area contributed by atoms with Gasteiger partial charge in [-0.05, 0) is 40.3 Å². The molecular weight excluding hydrogens is 336 g/mol. The number of amides is 2. The molecule has 0 saturated carbocycles. The van der Waals surface area contributed by atoms with Crippen LogP contribution in [0.25, 0.3) is 10.8 Å². The van der Waals surface area contributed by atoms with Gasteiger partial charge in [0.1, 0.15) is 0 Å². The molecule has 1 unspecified atom stereocenters. The standard InChI is InChI=1S/C23H24N2O2/c26-22(24-15-20-10-5-9-18-7-3-4-11-21(18)20)25-16-23(27)13-12-17-6-1-2-8-19(17)14-23/h1-11,27H,12-16H2,(H2,24,25,26). The van der Waals surface area contributed by atoms with Gasteiger partial charge in [0.05, 0.1) is 5.60 Å². The molecule has 0 aromatic heterocycles. The number of hydrogen-bond donors (Lipinski definition) is 3. The smallest absolute Gasteiger partial charge is 0.315 e. The minimum absolute atomic E-state index is 0.253. The third-order valence-corrected chi connectivity index (χ3v) is 5.39. The van der Waals surface area contributed by atoms with Gasteiger partial charge in [-0.25, -0.2) is 4.79 Å². The summed E-state index contributed by atoms with van der Waals surface area (Å²) in [6.07, 6.45) is 2.08. The quantitative estimate of drug-likeness (QED) is 0.666. The highest BCUT2D eigenvalue weighted by molar-refractivity contribution is 5.86. The fourth-order valence-corrected chi connectivity index (χ4v) is 3.86. The van der Waals surface area contributed by atoms with E-state index in [1.165, 1.54) is 11.1 Å². The van der Waals surface area contributed by atoms with Gasteiger partial charge in [0.25, 0.3) is 0 Å². The maximum atomic E-state index is 12.2. The Morgan fingerprint density at radius 3 is 2.56 bits per heavy atom. The predicted molar refractivity (Wildman–Crippen MR) is 108 cm³/mol. The lowest BCUT2D eigenvalue weighted by atomic mass is 9.80. The van der Waals surface area contributed by atoms with Crippen molar-refractivity contribution in [2.45, 2.75) is 31.4 Å². The molecular formula is C23H24N2O2. The predicted octanol–water partition coefficient (Wildman–Crippen LogP) is 3.56. The number of urea groups is 1. The van der Waals surface area contributed by atoms with Crippen molar-refractivity contribution in [3.63, 3.8) is 0 Å². The highest BCUT2D eigenvalue weighted by Crippen LogP contribution is 2.28. The van der Waals surface area contributed by atoms with Gasteiger partial charge in [-0.1, -0.05) is 66.7 Å². The first-order valence-corrected chi connectivity index (χ1v) is 9.40. The zero-order valence-corrected chi connectivity index (χ0v) is 15.2. The van der Waals surface area contributed by atoms with Crippen LogP contribution < -0.4 is 10.6 Å². The second-order valence-electron chi connectivity index (χ2n) is 7.34. The maximum absolute atomic E-state index is 12.2. The molecule has 3 N–H and O–H groups in total. The summed E-state index contributed by atoms with van der Waals surface area (Å²) in [6, 6.07) is 22.2. The van der Waals surface area contributed by atoms with E-state index >= 15 is 0 Å². The van der Waals surface area contributed by atoms with Crippen molar-refractivity contribution < 1.29 is 9.90 Å². The number of aryl methyl sites for hydroxylation is 1. The van der Waals surface area contributed by atoms with Gasteiger partial charge in [0, 0.05) is 19.5 Å². The van der Waals surface area contributed by atoms with Gasteiger partial charge in [-0.2, -0.15) is 0 Å². The Kier molecular flexibility index (Phi) is 4.82. The summed E-state index contributed by atoms with van der Waals surface area (Å²) in [4.78, 5) is 12.2. The monoisotopic (exact) mass is 360 g/mol. The van der Waals surface area contributed by atoms with Gasteiger partial charge in [0.2, 0.25) is 0 Å². The van der Waals surface area contributed by atoms with Crippen molar-refractivity contribution in [2.24, 2.45) is 0 Å². The lowest BCUT2D eigenvalue weighted by Gasteiger charge is -2.33. The molecule has 1 aliphatic rings. The largest absolute Gasteiger partial charge is 0.388 e. The Morgan fingerprint density at radius 2 is 1.67 bits per heavy atom. The van der Waals surface area contributed by atoms with Crippen LogP contribution in [0.3, 0.4) is 0 Å². The number of benzene rings is 3. The second kappa shape index (κ2) is 7.41. The van der Waals surface area contributed by atoms with Crippen molar-refractivity contribution in [3.05, 3.63) is 83.4 Å². The summed E-state index contributed by atoms with van der Waals surface area (Å²) in [5.41, 5.74) is 2.66. The molecule has 0 aliphatic heterocycles. The number of carbonyl (C=O) groups excluding carboxylic acids is 1. The van der Waals surface area contributed by atoms with E-state index in [2.05, 4.69) is 41.0 Å². The molecule has 0 fully saturated rings. The number of rotatable bonds is 4. The lowest BCUT2D eigenvalue weighted by Crippen LogP contribution is -2.49. The molecule has 1 atom stereocenters. The molecule has 0 saturated heterocycles. The maximum Gasteiger partial charge on any atom is 0.315 e. The fourth-order valence-electron chi connectivity index (χ4n) is 3.86. The minimum Gasteiger partial charge on any atom is -0.388 e. The van der Waals surface area contributed by atoms with Crippen LogP contribution in [-0.4, -0.2) is 23.3 Å². The summed E-state index contributed by atoms with van der Waals surface area (Å²) >= 11 is 0. The summed E-state index contributed by atoms with van der Waals surface area (Å²) in [5, 5.41) is 18.9. The van der Waals surface area contributed by atoms with E-state index in [0.29, 0.717) is 19.4 Å². The summed E-state index contributed by atoms with van der Waals surface area (Å²) in [5.74, 6) is 0. The van der Waals surface area contributed by atoms with Crippen LogP contribution in [0.4, 0.5) is 4.79 Å². The van der Waals surface area contributed by atoms with Crippen molar-refractivity contribution in [3.8, 4) is 0 Å². The molecule has 27 heavy (non-hydrogen) atoms. The molecule has 3 aromatic carbocycles. The summed E-state index contributed by atoms with van der Waals surface area (Å²) < 4.78 is 0. The van der Waals surface area contributed by atoms with Crippen molar-refractivity contribution in [2.75, 3.05) is 6.54 Å². The topological polar surface area (TPSA) is 61.4 Å². The zero-order chi connectivity index (χ0) is 18.7. The first-order chi connectivity index (χ1) is 13.1. The average Bonchev–Trinajstić information content (AvgIpc) is 2.70. The van der Waals surface area contributed by atoms with Crippen LogP contribution in [0, 0.1) is 0 Å². The molecule has 0 heterocycles. The van der Waals surface area contributed by atoms with Gasteiger partial charge >= 0.3 is 6.03 Å². The second-order valence-corrected chi connectivity index (χ2v) is 7.34. The summed E-state index contributed by atoms with van der Waals surface area (Å²) in [6.45, 7) is 0.706. The van der Waals surface area contributed by atoms with E-state index in [1.807, 2.05) is 36.4 Å². The number of hydrogen-bond acceptors (Lipinski definition) is 2. The third-order valence-electron chi connectivity index (χ3n) is 5.39. The molecule has 0 bridgehead atoms. The first kappa shape index (κ1) is 17.6. The van der Waals surface area contributed by atoms with Gasteiger partial charge < -0.3 is 15.7 Å². The highest BCUT2D eigenvalue weighted by Gasteiger charge is 2.32. The molecule has 1 aliphatic carbocycles. The third kappa shape index (κ3) is 3.96. The van der Waals surface area contributed by atoms with Crippen LogP contribution in [-0.2, 0) is 19.4 Å². The van der Waals surface area contributed by atoms with E-state index in [-0.39, 0.29) is 12.6 Å². The molecule has 3 aromatic rings. The molecule has 138 valence electrons. The first-order valence-electron chi connectivity index (χ1n) is 9.40. The normalized spacial score (nSPS) is 18.7. The van der Waals surface area contributed by atoms with Crippen LogP contribution >= 0.6 is 0 Å².